The van der Waals surface area contributed by atoms with Gasteiger partial charge in [0.15, 0.2) is 6.20 Å². The standard InChI is InChI=1S/C7H8N2O3S.C2H6B/c10-5-3-6-2-1-4-8(13)7(6)9(11)12;1-3-2/h1-2,4,10H,3,5H2;1-2H3. The molecule has 0 aromatic carbocycles. The van der Waals surface area contributed by atoms with Crippen LogP contribution in [0.3, 0.4) is 0 Å². The fraction of sp³-hybridized carbons (Fsp3) is 0.444. The van der Waals surface area contributed by atoms with Crippen LogP contribution in [0, 0.1) is 10.1 Å². The maximum Gasteiger partial charge on any atom is 0.490 e. The molecule has 1 aromatic heterocycles. The van der Waals surface area contributed by atoms with Gasteiger partial charge in [0.25, 0.3) is 0 Å². The molecule has 5 nitrogen and oxygen atoms in total. The molecular weight excluding hydrogens is 227 g/mol. The summed E-state index contributed by atoms with van der Waals surface area (Å²) in [5.74, 6) is -0.147. The van der Waals surface area contributed by atoms with Crippen molar-refractivity contribution in [1.82, 2.24) is 0 Å². The fourth-order valence-corrected chi connectivity index (χ4v) is 1.29. The Bertz CT molecular complexity index is 350. The zero-order valence-corrected chi connectivity index (χ0v) is 10.1. The van der Waals surface area contributed by atoms with Crippen LogP contribution in [-0.2, 0) is 19.2 Å². The lowest BCUT2D eigenvalue weighted by molar-refractivity contribution is -0.588. The Balaban J connectivity index is 0.000000673. The molecule has 1 N–H and O–H groups in total. The van der Waals surface area contributed by atoms with E-state index in [0.717, 1.165) is 3.97 Å². The number of rotatable bonds is 3. The molecule has 1 radical (unpaired) electrons. The van der Waals surface area contributed by atoms with Gasteiger partial charge in [0.1, 0.15) is 17.8 Å². The van der Waals surface area contributed by atoms with Gasteiger partial charge in [-0.2, -0.15) is 0 Å². The molecule has 0 aliphatic carbocycles. The van der Waals surface area contributed by atoms with Crippen molar-refractivity contribution < 1.29 is 14.0 Å². The molecule has 0 unspecified atom stereocenters. The van der Waals surface area contributed by atoms with Gasteiger partial charge in [-0.05, 0) is 6.07 Å². The fourth-order valence-electron chi connectivity index (χ4n) is 1.04. The van der Waals surface area contributed by atoms with Crippen LogP contribution in [0.2, 0.25) is 13.6 Å². The maximum atomic E-state index is 10.6. The van der Waals surface area contributed by atoms with Gasteiger partial charge in [0.05, 0.1) is 0 Å². The van der Waals surface area contributed by atoms with Crippen molar-refractivity contribution in [3.8, 4) is 0 Å². The summed E-state index contributed by atoms with van der Waals surface area (Å²) in [7, 11) is 2.00. The summed E-state index contributed by atoms with van der Waals surface area (Å²) < 4.78 is 1.02. The quantitative estimate of drug-likeness (QED) is 0.275. The summed E-state index contributed by atoms with van der Waals surface area (Å²) in [4.78, 5) is 10.0. The third-order valence-electron chi connectivity index (χ3n) is 1.57. The zero-order chi connectivity index (χ0) is 12.6. The summed E-state index contributed by atoms with van der Waals surface area (Å²) in [6, 6.07) is 3.20. The van der Waals surface area contributed by atoms with Gasteiger partial charge in [0.2, 0.25) is 0 Å². The Morgan fingerprint density at radius 3 is 2.62 bits per heavy atom. The number of nitrogens with zero attached hydrogens (tertiary/aromatic N) is 2. The number of aromatic nitrogens is 1. The van der Waals surface area contributed by atoms with Gasteiger partial charge in [-0.1, -0.05) is 13.6 Å². The number of nitro groups is 1. The minimum Gasteiger partial charge on any atom is -0.420 e. The summed E-state index contributed by atoms with van der Waals surface area (Å²) in [5.41, 5.74) is 0.449. The van der Waals surface area contributed by atoms with Crippen molar-refractivity contribution in [2.45, 2.75) is 20.1 Å². The normalized spacial score (nSPS) is 8.94. The van der Waals surface area contributed by atoms with Crippen molar-refractivity contribution in [2.75, 3.05) is 6.61 Å². The van der Waals surface area contributed by atoms with Crippen LogP contribution in [0.15, 0.2) is 18.3 Å². The number of hydrogen-bond acceptors (Lipinski definition) is 4. The van der Waals surface area contributed by atoms with Gasteiger partial charge >= 0.3 is 5.82 Å². The molecule has 0 saturated carbocycles. The highest BCUT2D eigenvalue weighted by molar-refractivity contribution is 7.51. The van der Waals surface area contributed by atoms with Gasteiger partial charge in [0, 0.05) is 19.1 Å². The molecule has 0 saturated heterocycles. The lowest BCUT2D eigenvalue weighted by Gasteiger charge is -2.01. The van der Waals surface area contributed by atoms with Crippen LogP contribution < -0.4 is 3.97 Å². The van der Waals surface area contributed by atoms with Crippen LogP contribution >= 0.6 is 0 Å². The molecule has 1 aromatic rings. The predicted octanol–water partition coefficient (Wildman–Crippen LogP) is 0.514. The second kappa shape index (κ2) is 8.01. The summed E-state index contributed by atoms with van der Waals surface area (Å²) in [6.07, 6.45) is 1.67. The highest BCUT2D eigenvalue weighted by Crippen LogP contribution is 2.12. The van der Waals surface area contributed by atoms with E-state index >= 15 is 0 Å². The second-order valence-electron chi connectivity index (χ2n) is 2.99. The molecule has 16 heavy (non-hydrogen) atoms. The molecule has 0 aliphatic rings. The Kier molecular flexibility index (Phi) is 7.40. The van der Waals surface area contributed by atoms with Gasteiger partial charge in [-0.25, -0.2) is 3.97 Å². The van der Waals surface area contributed by atoms with Crippen molar-refractivity contribution in [3.63, 3.8) is 0 Å². The van der Waals surface area contributed by atoms with E-state index in [2.05, 4.69) is 0 Å². The lowest BCUT2D eigenvalue weighted by atomic mass is 9.88. The maximum absolute atomic E-state index is 10.6. The summed E-state index contributed by atoms with van der Waals surface area (Å²) in [5, 5.41) is 19.2. The van der Waals surface area contributed by atoms with Crippen molar-refractivity contribution in [3.05, 3.63) is 34.0 Å². The van der Waals surface area contributed by atoms with Crippen LogP contribution in [0.25, 0.3) is 0 Å². The molecule has 0 bridgehead atoms. The third-order valence-corrected chi connectivity index (χ3v) is 1.86. The van der Waals surface area contributed by atoms with Gasteiger partial charge < -0.3 is 17.9 Å². The molecule has 0 atom stereocenters. The van der Waals surface area contributed by atoms with Gasteiger partial charge in [-0.3, -0.25) is 10.1 Å². The van der Waals surface area contributed by atoms with Crippen LogP contribution in [-0.4, -0.2) is 23.9 Å². The zero-order valence-electron chi connectivity index (χ0n) is 9.29. The Morgan fingerprint density at radius 1 is 1.62 bits per heavy atom. The smallest absolute Gasteiger partial charge is 0.420 e. The molecular formula is C9H14BN2O3S. The predicted molar refractivity (Wildman–Crippen MR) is 64.3 cm³/mol. The van der Waals surface area contributed by atoms with Crippen molar-refractivity contribution in [1.29, 1.82) is 0 Å². The Hall–Kier alpha value is -1.21. The number of aliphatic hydroxyl groups excluding tert-OH is 1. The summed E-state index contributed by atoms with van der Waals surface area (Å²) in [6.45, 7) is 3.88. The molecule has 87 valence electrons. The van der Waals surface area contributed by atoms with E-state index in [4.69, 9.17) is 17.9 Å². The minimum atomic E-state index is -0.544. The van der Waals surface area contributed by atoms with E-state index < -0.39 is 4.92 Å². The first-order valence-electron chi connectivity index (χ1n) is 4.78. The van der Waals surface area contributed by atoms with Crippen molar-refractivity contribution >= 4 is 25.9 Å². The molecule has 1 heterocycles. The highest BCUT2D eigenvalue weighted by Gasteiger charge is 2.21. The van der Waals surface area contributed by atoms with Crippen molar-refractivity contribution in [2.24, 2.45) is 0 Å². The molecule has 0 amide bonds. The first-order valence-corrected chi connectivity index (χ1v) is 5.15. The second-order valence-corrected chi connectivity index (χ2v) is 3.38. The third kappa shape index (κ3) is 4.54. The monoisotopic (exact) mass is 241 g/mol. The first-order chi connectivity index (χ1) is 7.58. The minimum absolute atomic E-state index is 0.125. The number of pyridine rings is 1. The Morgan fingerprint density at radius 2 is 2.19 bits per heavy atom. The largest absolute Gasteiger partial charge is 0.490 e. The Labute approximate surface area is 101 Å². The summed E-state index contributed by atoms with van der Waals surface area (Å²) >= 11 is 4.72. The molecule has 0 fully saturated rings. The topological polar surface area (TPSA) is 67.2 Å². The average molecular weight is 241 g/mol. The van der Waals surface area contributed by atoms with E-state index in [1.165, 1.54) is 6.20 Å². The van der Waals surface area contributed by atoms with E-state index in [9.17, 15) is 10.1 Å². The van der Waals surface area contributed by atoms with Gasteiger partial charge in [-0.15, -0.1) is 0 Å². The van der Waals surface area contributed by atoms with Crippen LogP contribution in [0.4, 0.5) is 5.82 Å². The molecule has 0 spiro atoms. The van der Waals surface area contributed by atoms with E-state index in [-0.39, 0.29) is 18.8 Å². The molecule has 1 rings (SSSR count). The SMILES string of the molecule is C[B]C.O=[N+]([O-])c1c(CCO)ccc[n+]1[S-]. The molecule has 7 heteroatoms. The highest BCUT2D eigenvalue weighted by atomic mass is 32.1. The molecule has 0 aliphatic heterocycles. The lowest BCUT2D eigenvalue weighted by Crippen LogP contribution is -2.31. The number of aliphatic hydroxyl groups is 1. The number of hydrogen-bond donors (Lipinski definition) is 1. The first kappa shape index (κ1) is 14.8. The van der Waals surface area contributed by atoms with E-state index in [1.54, 1.807) is 12.1 Å². The van der Waals surface area contributed by atoms with Crippen LogP contribution in [0.5, 0.6) is 0 Å². The van der Waals surface area contributed by atoms with E-state index in [0.29, 0.717) is 5.56 Å². The van der Waals surface area contributed by atoms with E-state index in [1.807, 2.05) is 20.9 Å². The van der Waals surface area contributed by atoms with Crippen LogP contribution in [0.1, 0.15) is 5.56 Å². The average Bonchev–Trinajstić information content (AvgIpc) is 2.18.